The van der Waals surface area contributed by atoms with Crippen molar-refractivity contribution in [1.82, 2.24) is 4.90 Å². The first kappa shape index (κ1) is 21.7. The molecule has 0 fully saturated rings. The molecule has 0 amide bonds. The summed E-state index contributed by atoms with van der Waals surface area (Å²) < 4.78 is 10.1. The number of thioether (sulfide) groups is 1. The van der Waals surface area contributed by atoms with E-state index in [0.717, 1.165) is 16.0 Å². The summed E-state index contributed by atoms with van der Waals surface area (Å²) in [6, 6.07) is 15.9. The largest absolute Gasteiger partial charge is 0.466 e. The normalized spacial score (nSPS) is 14.1. The Morgan fingerprint density at radius 2 is 1.43 bits per heavy atom. The highest BCUT2D eigenvalue weighted by molar-refractivity contribution is 7.98. The van der Waals surface area contributed by atoms with E-state index < -0.39 is 17.9 Å². The first-order chi connectivity index (χ1) is 14.5. The standard InChI is InChI=1S/C24H25NO4S/c1-16-5-7-17(8-6-16)13-25-14-20(23(26)28-2)22(21(15-25)24(27)29-3)18-9-11-19(30-4)12-10-18/h5-12,14-15,22H,13H2,1-4H3. The number of rotatable bonds is 6. The van der Waals surface area contributed by atoms with Crippen LogP contribution >= 0.6 is 11.8 Å². The number of carbonyl (C=O) groups excluding carboxylic acids is 2. The predicted molar refractivity (Wildman–Crippen MR) is 118 cm³/mol. The summed E-state index contributed by atoms with van der Waals surface area (Å²) in [5, 5.41) is 0. The molecule has 2 aromatic carbocycles. The second-order valence-electron chi connectivity index (χ2n) is 7.02. The minimum absolute atomic E-state index is 0.393. The van der Waals surface area contributed by atoms with Gasteiger partial charge in [-0.25, -0.2) is 9.59 Å². The average molecular weight is 424 g/mol. The van der Waals surface area contributed by atoms with Gasteiger partial charge in [0.05, 0.1) is 31.3 Å². The smallest absolute Gasteiger partial charge is 0.336 e. The van der Waals surface area contributed by atoms with E-state index in [1.54, 1.807) is 24.2 Å². The summed E-state index contributed by atoms with van der Waals surface area (Å²) >= 11 is 1.63. The lowest BCUT2D eigenvalue weighted by molar-refractivity contribution is -0.137. The topological polar surface area (TPSA) is 55.8 Å². The van der Waals surface area contributed by atoms with E-state index in [1.165, 1.54) is 19.8 Å². The number of methoxy groups -OCH3 is 2. The van der Waals surface area contributed by atoms with Crippen molar-refractivity contribution >= 4 is 23.7 Å². The highest BCUT2D eigenvalue weighted by Crippen LogP contribution is 2.38. The zero-order valence-electron chi connectivity index (χ0n) is 17.5. The minimum Gasteiger partial charge on any atom is -0.466 e. The Balaban J connectivity index is 2.04. The van der Waals surface area contributed by atoms with E-state index in [9.17, 15) is 9.59 Å². The number of hydrogen-bond acceptors (Lipinski definition) is 6. The lowest BCUT2D eigenvalue weighted by atomic mass is 9.83. The first-order valence-electron chi connectivity index (χ1n) is 9.52. The van der Waals surface area contributed by atoms with E-state index >= 15 is 0 Å². The molecule has 0 spiro atoms. The Hall–Kier alpha value is -2.99. The molecule has 1 heterocycles. The lowest BCUT2D eigenvalue weighted by Crippen LogP contribution is -2.28. The fourth-order valence-corrected chi connectivity index (χ4v) is 3.85. The molecular formula is C24H25NO4S. The number of esters is 2. The number of carbonyl (C=O) groups is 2. The number of benzene rings is 2. The zero-order chi connectivity index (χ0) is 21.7. The maximum absolute atomic E-state index is 12.7. The summed E-state index contributed by atoms with van der Waals surface area (Å²) in [5.41, 5.74) is 3.84. The highest BCUT2D eigenvalue weighted by Gasteiger charge is 2.35. The van der Waals surface area contributed by atoms with Gasteiger partial charge in [0, 0.05) is 23.8 Å². The maximum Gasteiger partial charge on any atom is 0.336 e. The van der Waals surface area contributed by atoms with Gasteiger partial charge >= 0.3 is 11.9 Å². The third kappa shape index (κ3) is 4.76. The minimum atomic E-state index is -0.560. The van der Waals surface area contributed by atoms with E-state index in [0.29, 0.717) is 17.7 Å². The van der Waals surface area contributed by atoms with E-state index in [1.807, 2.05) is 66.6 Å². The summed E-state index contributed by atoms with van der Waals surface area (Å²) in [6.07, 6.45) is 5.51. The summed E-state index contributed by atoms with van der Waals surface area (Å²) in [4.78, 5) is 28.3. The second kappa shape index (κ2) is 9.67. The fraction of sp³-hybridized carbons (Fsp3) is 0.250. The van der Waals surface area contributed by atoms with Gasteiger partial charge in [-0.15, -0.1) is 11.8 Å². The Morgan fingerprint density at radius 1 is 0.900 bits per heavy atom. The van der Waals surface area contributed by atoms with Crippen LogP contribution in [0.1, 0.15) is 22.6 Å². The van der Waals surface area contributed by atoms with Crippen molar-refractivity contribution in [2.75, 3.05) is 20.5 Å². The van der Waals surface area contributed by atoms with Crippen LogP contribution < -0.4 is 0 Å². The van der Waals surface area contributed by atoms with Gasteiger partial charge in [0.15, 0.2) is 0 Å². The molecule has 30 heavy (non-hydrogen) atoms. The Labute approximate surface area is 181 Å². The molecule has 6 heteroatoms. The van der Waals surface area contributed by atoms with Gasteiger partial charge in [-0.3, -0.25) is 0 Å². The van der Waals surface area contributed by atoms with Crippen molar-refractivity contribution in [2.24, 2.45) is 0 Å². The summed E-state index contributed by atoms with van der Waals surface area (Å²) in [5.74, 6) is -1.51. The first-order valence-corrected chi connectivity index (χ1v) is 10.7. The van der Waals surface area contributed by atoms with Crippen LogP contribution in [-0.4, -0.2) is 37.3 Å². The van der Waals surface area contributed by atoms with Crippen LogP contribution in [-0.2, 0) is 25.6 Å². The third-order valence-electron chi connectivity index (χ3n) is 5.01. The van der Waals surface area contributed by atoms with Crippen molar-refractivity contribution in [3.63, 3.8) is 0 Å². The molecule has 0 aliphatic carbocycles. The van der Waals surface area contributed by atoms with E-state index in [-0.39, 0.29) is 0 Å². The van der Waals surface area contributed by atoms with Gasteiger partial charge in [0.1, 0.15) is 0 Å². The number of nitrogens with zero attached hydrogens (tertiary/aromatic N) is 1. The molecule has 0 N–H and O–H groups in total. The molecule has 0 atom stereocenters. The molecule has 0 saturated heterocycles. The molecule has 1 aliphatic rings. The van der Waals surface area contributed by atoms with Gasteiger partial charge in [-0.1, -0.05) is 42.0 Å². The van der Waals surface area contributed by atoms with Gasteiger partial charge in [0.25, 0.3) is 0 Å². The number of hydrogen-bond donors (Lipinski definition) is 0. The zero-order valence-corrected chi connectivity index (χ0v) is 18.4. The molecule has 0 radical (unpaired) electrons. The van der Waals surface area contributed by atoms with Crippen molar-refractivity contribution in [3.05, 3.63) is 88.8 Å². The van der Waals surface area contributed by atoms with Crippen molar-refractivity contribution < 1.29 is 19.1 Å². The van der Waals surface area contributed by atoms with Crippen molar-refractivity contribution in [2.45, 2.75) is 24.3 Å². The SMILES string of the molecule is COC(=O)C1=CN(Cc2ccc(C)cc2)C=C(C(=O)OC)C1c1ccc(SC)cc1. The third-order valence-corrected chi connectivity index (χ3v) is 5.75. The van der Waals surface area contributed by atoms with Gasteiger partial charge in [-0.05, 0) is 36.4 Å². The lowest BCUT2D eigenvalue weighted by Gasteiger charge is -2.30. The Kier molecular flexibility index (Phi) is 7.00. The summed E-state index contributed by atoms with van der Waals surface area (Å²) in [6.45, 7) is 2.54. The van der Waals surface area contributed by atoms with Crippen LogP contribution in [0, 0.1) is 6.92 Å². The highest BCUT2D eigenvalue weighted by atomic mass is 32.2. The van der Waals surface area contributed by atoms with Crippen molar-refractivity contribution in [1.29, 1.82) is 0 Å². The van der Waals surface area contributed by atoms with Gasteiger partial charge < -0.3 is 14.4 Å². The number of ether oxygens (including phenoxy) is 2. The molecular weight excluding hydrogens is 398 g/mol. The molecule has 0 aromatic heterocycles. The molecule has 3 rings (SSSR count). The molecule has 156 valence electrons. The van der Waals surface area contributed by atoms with E-state index in [2.05, 4.69) is 0 Å². The van der Waals surface area contributed by atoms with Crippen LogP contribution in [0.15, 0.2) is 77.0 Å². The summed E-state index contributed by atoms with van der Waals surface area (Å²) in [7, 11) is 2.69. The Bertz CT molecular complexity index is 943. The van der Waals surface area contributed by atoms with Crippen LogP contribution in [0.5, 0.6) is 0 Å². The van der Waals surface area contributed by atoms with Crippen LogP contribution in [0.2, 0.25) is 0 Å². The van der Waals surface area contributed by atoms with Crippen LogP contribution in [0.25, 0.3) is 0 Å². The molecule has 1 aliphatic heterocycles. The fourth-order valence-electron chi connectivity index (χ4n) is 3.44. The van der Waals surface area contributed by atoms with E-state index in [4.69, 9.17) is 9.47 Å². The second-order valence-corrected chi connectivity index (χ2v) is 7.90. The quantitative estimate of drug-likeness (QED) is 0.506. The predicted octanol–water partition coefficient (Wildman–Crippen LogP) is 4.43. The van der Waals surface area contributed by atoms with Crippen molar-refractivity contribution in [3.8, 4) is 0 Å². The van der Waals surface area contributed by atoms with Gasteiger partial charge in [0.2, 0.25) is 0 Å². The average Bonchev–Trinajstić information content (AvgIpc) is 2.79. The molecule has 0 saturated carbocycles. The molecule has 0 bridgehead atoms. The molecule has 0 unspecified atom stereocenters. The molecule has 5 nitrogen and oxygen atoms in total. The number of aryl methyl sites for hydroxylation is 1. The Morgan fingerprint density at radius 3 is 1.90 bits per heavy atom. The van der Waals surface area contributed by atoms with Gasteiger partial charge in [-0.2, -0.15) is 0 Å². The van der Waals surface area contributed by atoms with Crippen LogP contribution in [0.3, 0.4) is 0 Å². The van der Waals surface area contributed by atoms with Crippen LogP contribution in [0.4, 0.5) is 0 Å². The monoisotopic (exact) mass is 423 g/mol. The molecule has 2 aromatic rings. The maximum atomic E-state index is 12.7.